The van der Waals surface area contributed by atoms with Crippen LogP contribution >= 0.6 is 11.8 Å². The summed E-state index contributed by atoms with van der Waals surface area (Å²) in [6.07, 6.45) is 1.14. The molecule has 0 radical (unpaired) electrons. The third kappa shape index (κ3) is 4.78. The first-order valence-electron chi connectivity index (χ1n) is 6.35. The summed E-state index contributed by atoms with van der Waals surface area (Å²) in [4.78, 5) is 0. The van der Waals surface area contributed by atoms with Gasteiger partial charge in [-0.1, -0.05) is 19.1 Å². The van der Waals surface area contributed by atoms with Crippen molar-refractivity contribution >= 4 is 11.8 Å². The van der Waals surface area contributed by atoms with E-state index in [4.69, 9.17) is 4.74 Å². The molecule has 1 aromatic carbocycles. The number of ether oxygens (including phenoxy) is 1. The fourth-order valence-electron chi connectivity index (χ4n) is 1.67. The fraction of sp³-hybridized carbons (Fsp3) is 0.571. The monoisotopic (exact) mass is 269 g/mol. The minimum absolute atomic E-state index is 0.239. The van der Waals surface area contributed by atoms with Crippen molar-refractivity contribution in [2.75, 3.05) is 18.6 Å². The van der Waals surface area contributed by atoms with E-state index in [0.717, 1.165) is 12.0 Å². The van der Waals surface area contributed by atoms with Crippen LogP contribution in [0, 0.1) is 0 Å². The average molecular weight is 269 g/mol. The van der Waals surface area contributed by atoms with Crippen LogP contribution in [0.15, 0.2) is 18.2 Å². The van der Waals surface area contributed by atoms with Gasteiger partial charge in [0.15, 0.2) is 11.5 Å². The Morgan fingerprint density at radius 1 is 1.44 bits per heavy atom. The van der Waals surface area contributed by atoms with E-state index in [9.17, 15) is 5.11 Å². The number of para-hydroxylation sites is 1. The van der Waals surface area contributed by atoms with Gasteiger partial charge >= 0.3 is 0 Å². The number of phenols is 1. The van der Waals surface area contributed by atoms with Gasteiger partial charge in [0, 0.05) is 18.2 Å². The van der Waals surface area contributed by atoms with E-state index in [1.165, 1.54) is 11.5 Å². The highest BCUT2D eigenvalue weighted by Crippen LogP contribution is 2.29. The Kier molecular flexibility index (Phi) is 6.98. The molecule has 1 atom stereocenters. The van der Waals surface area contributed by atoms with Gasteiger partial charge in [0.1, 0.15) is 0 Å². The van der Waals surface area contributed by atoms with E-state index in [0.29, 0.717) is 18.3 Å². The predicted octanol–water partition coefficient (Wildman–Crippen LogP) is 3.02. The summed E-state index contributed by atoms with van der Waals surface area (Å²) in [6, 6.07) is 6.03. The first-order valence-corrected chi connectivity index (χ1v) is 7.50. The van der Waals surface area contributed by atoms with Crippen LogP contribution in [0.2, 0.25) is 0 Å². The highest BCUT2D eigenvalue weighted by molar-refractivity contribution is 7.99. The average Bonchev–Trinajstić information content (AvgIpc) is 2.38. The Morgan fingerprint density at radius 2 is 2.22 bits per heavy atom. The lowest BCUT2D eigenvalue weighted by Gasteiger charge is -2.15. The van der Waals surface area contributed by atoms with Gasteiger partial charge in [-0.05, 0) is 30.9 Å². The molecule has 0 amide bonds. The fourth-order valence-corrected chi connectivity index (χ4v) is 2.47. The summed E-state index contributed by atoms with van der Waals surface area (Å²) < 4.78 is 5.09. The standard InChI is InChI=1S/C14H23NO2S/c1-4-18-9-8-11(2)15-10-12-6-5-7-13(17-3)14(12)16/h5-7,11,15-16H,4,8-10H2,1-3H3. The van der Waals surface area contributed by atoms with Crippen LogP contribution in [0.3, 0.4) is 0 Å². The van der Waals surface area contributed by atoms with E-state index >= 15 is 0 Å². The van der Waals surface area contributed by atoms with Crippen molar-refractivity contribution in [3.63, 3.8) is 0 Å². The zero-order chi connectivity index (χ0) is 13.4. The van der Waals surface area contributed by atoms with Crippen molar-refractivity contribution in [1.29, 1.82) is 0 Å². The van der Waals surface area contributed by atoms with Crippen LogP contribution in [0.4, 0.5) is 0 Å². The summed E-state index contributed by atoms with van der Waals surface area (Å²) >= 11 is 1.96. The maximum atomic E-state index is 9.95. The Bertz CT molecular complexity index is 358. The van der Waals surface area contributed by atoms with Crippen LogP contribution in [-0.4, -0.2) is 29.8 Å². The summed E-state index contributed by atoms with van der Waals surface area (Å²) in [6.45, 7) is 5.02. The van der Waals surface area contributed by atoms with Crippen molar-refractivity contribution in [3.8, 4) is 11.5 Å². The maximum absolute atomic E-state index is 9.95. The molecule has 18 heavy (non-hydrogen) atoms. The number of hydrogen-bond donors (Lipinski definition) is 2. The molecule has 1 unspecified atom stereocenters. The molecule has 0 aromatic heterocycles. The number of thioether (sulfide) groups is 1. The largest absolute Gasteiger partial charge is 0.504 e. The molecule has 3 nitrogen and oxygen atoms in total. The van der Waals surface area contributed by atoms with Gasteiger partial charge in [0.25, 0.3) is 0 Å². The second-order valence-electron chi connectivity index (χ2n) is 4.24. The molecule has 0 bridgehead atoms. The lowest BCUT2D eigenvalue weighted by molar-refractivity contribution is 0.369. The SMILES string of the molecule is CCSCCC(C)NCc1cccc(OC)c1O. The van der Waals surface area contributed by atoms with Crippen molar-refractivity contribution in [2.24, 2.45) is 0 Å². The van der Waals surface area contributed by atoms with Crippen molar-refractivity contribution < 1.29 is 9.84 Å². The first-order chi connectivity index (χ1) is 8.69. The van der Waals surface area contributed by atoms with E-state index in [1.54, 1.807) is 13.2 Å². The molecule has 0 saturated carbocycles. The third-order valence-electron chi connectivity index (χ3n) is 2.84. The van der Waals surface area contributed by atoms with E-state index in [1.807, 2.05) is 23.9 Å². The zero-order valence-electron chi connectivity index (χ0n) is 11.4. The Balaban J connectivity index is 2.43. The van der Waals surface area contributed by atoms with Gasteiger partial charge < -0.3 is 15.2 Å². The quantitative estimate of drug-likeness (QED) is 0.712. The van der Waals surface area contributed by atoms with Crippen LogP contribution in [0.1, 0.15) is 25.8 Å². The lowest BCUT2D eigenvalue weighted by Crippen LogP contribution is -2.26. The van der Waals surface area contributed by atoms with Crippen LogP contribution in [-0.2, 0) is 6.54 Å². The van der Waals surface area contributed by atoms with Gasteiger partial charge in [-0.25, -0.2) is 0 Å². The molecule has 1 aromatic rings. The van der Waals surface area contributed by atoms with Gasteiger partial charge in [-0.2, -0.15) is 11.8 Å². The Labute approximate surface area is 114 Å². The molecule has 0 saturated heterocycles. The Morgan fingerprint density at radius 3 is 2.89 bits per heavy atom. The topological polar surface area (TPSA) is 41.5 Å². The number of hydrogen-bond acceptors (Lipinski definition) is 4. The molecule has 0 aliphatic heterocycles. The highest BCUT2D eigenvalue weighted by Gasteiger charge is 2.08. The number of rotatable bonds is 8. The summed E-state index contributed by atoms with van der Waals surface area (Å²) in [5.41, 5.74) is 0.879. The normalized spacial score (nSPS) is 12.4. The molecule has 102 valence electrons. The zero-order valence-corrected chi connectivity index (χ0v) is 12.2. The first kappa shape index (κ1) is 15.2. The second-order valence-corrected chi connectivity index (χ2v) is 5.63. The van der Waals surface area contributed by atoms with Crippen molar-refractivity contribution in [3.05, 3.63) is 23.8 Å². The number of aromatic hydroxyl groups is 1. The van der Waals surface area contributed by atoms with Crippen molar-refractivity contribution in [1.82, 2.24) is 5.32 Å². The Hall–Kier alpha value is -0.870. The molecule has 0 heterocycles. The number of benzene rings is 1. The van der Waals surface area contributed by atoms with Gasteiger partial charge in [-0.15, -0.1) is 0 Å². The molecule has 0 aliphatic rings. The summed E-state index contributed by atoms with van der Waals surface area (Å²) in [5.74, 6) is 3.11. The predicted molar refractivity (Wildman–Crippen MR) is 78.6 cm³/mol. The molecular formula is C14H23NO2S. The number of phenolic OH excluding ortho intramolecular Hbond substituents is 1. The van der Waals surface area contributed by atoms with Crippen LogP contribution in [0.5, 0.6) is 11.5 Å². The molecule has 0 aliphatic carbocycles. The minimum atomic E-state index is 0.239. The summed E-state index contributed by atoms with van der Waals surface area (Å²) in [5, 5.41) is 13.4. The third-order valence-corrected chi connectivity index (χ3v) is 3.78. The van der Waals surface area contributed by atoms with Gasteiger partial charge in [-0.3, -0.25) is 0 Å². The molecular weight excluding hydrogens is 246 g/mol. The molecule has 0 spiro atoms. The van der Waals surface area contributed by atoms with E-state index < -0.39 is 0 Å². The molecule has 0 fully saturated rings. The number of nitrogens with one attached hydrogen (secondary N) is 1. The van der Waals surface area contributed by atoms with Gasteiger partial charge in [0.2, 0.25) is 0 Å². The van der Waals surface area contributed by atoms with Gasteiger partial charge in [0.05, 0.1) is 7.11 Å². The van der Waals surface area contributed by atoms with Crippen LogP contribution < -0.4 is 10.1 Å². The second kappa shape index (κ2) is 8.27. The van der Waals surface area contributed by atoms with E-state index in [2.05, 4.69) is 19.2 Å². The molecule has 2 N–H and O–H groups in total. The summed E-state index contributed by atoms with van der Waals surface area (Å²) in [7, 11) is 1.57. The molecule has 1 rings (SSSR count). The van der Waals surface area contributed by atoms with Crippen molar-refractivity contribution in [2.45, 2.75) is 32.9 Å². The molecule has 4 heteroatoms. The smallest absolute Gasteiger partial charge is 0.162 e. The minimum Gasteiger partial charge on any atom is -0.504 e. The van der Waals surface area contributed by atoms with E-state index in [-0.39, 0.29) is 5.75 Å². The highest BCUT2D eigenvalue weighted by atomic mass is 32.2. The number of methoxy groups -OCH3 is 1. The van der Waals surface area contributed by atoms with Crippen LogP contribution in [0.25, 0.3) is 0 Å². The lowest BCUT2D eigenvalue weighted by atomic mass is 10.1. The maximum Gasteiger partial charge on any atom is 0.162 e.